The van der Waals surface area contributed by atoms with Gasteiger partial charge in [-0.15, -0.1) is 0 Å². The Bertz CT molecular complexity index is 689. The zero-order valence-corrected chi connectivity index (χ0v) is 13.7. The van der Waals surface area contributed by atoms with Crippen LogP contribution >= 0.6 is 27.5 Å². The zero-order valence-electron chi connectivity index (χ0n) is 11.4. The number of amidine groups is 1. The maximum absolute atomic E-state index is 8.83. The molecule has 4 N–H and O–H groups in total. The Hall–Kier alpha value is -1.72. The lowest BCUT2D eigenvalue weighted by Gasteiger charge is -2.13. The normalized spacial score (nSPS) is 11.5. The van der Waals surface area contributed by atoms with E-state index in [0.717, 1.165) is 21.3 Å². The highest BCUT2D eigenvalue weighted by atomic mass is 79.9. The highest BCUT2D eigenvalue weighted by Crippen LogP contribution is 2.29. The van der Waals surface area contributed by atoms with Crippen LogP contribution in [-0.2, 0) is 6.54 Å². The lowest BCUT2D eigenvalue weighted by atomic mass is 10.1. The Balaban J connectivity index is 2.23. The Morgan fingerprint density at radius 1 is 1.38 bits per heavy atom. The molecule has 2 rings (SSSR count). The number of halogens is 2. The summed E-state index contributed by atoms with van der Waals surface area (Å²) in [4.78, 5) is 0. The van der Waals surface area contributed by atoms with E-state index in [1.807, 2.05) is 43.3 Å². The van der Waals surface area contributed by atoms with Crippen molar-refractivity contribution in [1.82, 2.24) is 0 Å². The van der Waals surface area contributed by atoms with Crippen molar-refractivity contribution in [2.45, 2.75) is 13.5 Å². The van der Waals surface area contributed by atoms with Crippen molar-refractivity contribution in [3.63, 3.8) is 0 Å². The van der Waals surface area contributed by atoms with Gasteiger partial charge >= 0.3 is 0 Å². The number of hydrogen-bond acceptors (Lipinski definition) is 3. The second-order valence-electron chi connectivity index (χ2n) is 4.58. The van der Waals surface area contributed by atoms with Crippen LogP contribution in [-0.4, -0.2) is 11.0 Å². The number of oxime groups is 1. The predicted octanol–water partition coefficient (Wildman–Crippen LogP) is 4.12. The van der Waals surface area contributed by atoms with Gasteiger partial charge in [0.2, 0.25) is 0 Å². The van der Waals surface area contributed by atoms with Crippen molar-refractivity contribution < 1.29 is 5.21 Å². The van der Waals surface area contributed by atoms with Gasteiger partial charge in [0, 0.05) is 21.6 Å². The summed E-state index contributed by atoms with van der Waals surface area (Å²) in [6, 6.07) is 11.3. The molecule has 0 bridgehead atoms. The number of anilines is 1. The molecule has 0 aromatic heterocycles. The van der Waals surface area contributed by atoms with E-state index in [-0.39, 0.29) is 5.84 Å². The van der Waals surface area contributed by atoms with E-state index in [1.165, 1.54) is 0 Å². The summed E-state index contributed by atoms with van der Waals surface area (Å²) in [6.45, 7) is 2.48. The SMILES string of the molecule is Cc1cc(Br)c(NCc2ccccc2/C(N)=N/O)cc1Cl. The minimum absolute atomic E-state index is 0.0911. The van der Waals surface area contributed by atoms with Crippen molar-refractivity contribution in [1.29, 1.82) is 0 Å². The number of benzene rings is 2. The fraction of sp³-hybridized carbons (Fsp3) is 0.133. The average molecular weight is 369 g/mol. The fourth-order valence-electron chi connectivity index (χ4n) is 1.95. The molecular weight excluding hydrogens is 354 g/mol. The summed E-state index contributed by atoms with van der Waals surface area (Å²) in [5.41, 5.74) is 9.20. The maximum Gasteiger partial charge on any atom is 0.170 e. The molecule has 0 unspecified atom stereocenters. The Morgan fingerprint density at radius 2 is 2.10 bits per heavy atom. The minimum atomic E-state index is 0.0911. The largest absolute Gasteiger partial charge is 0.409 e. The standard InChI is InChI=1S/C15H15BrClN3O/c1-9-6-12(16)14(7-13(9)17)19-8-10-4-2-3-5-11(10)15(18)20-21/h2-7,19,21H,8H2,1H3,(H2,18,20). The third kappa shape index (κ3) is 3.68. The molecule has 6 heteroatoms. The Morgan fingerprint density at radius 3 is 2.81 bits per heavy atom. The molecular formula is C15H15BrClN3O. The van der Waals surface area contributed by atoms with Gasteiger partial charge in [-0.05, 0) is 46.1 Å². The zero-order chi connectivity index (χ0) is 15.4. The number of aryl methyl sites for hydroxylation is 1. The second kappa shape index (κ2) is 6.83. The van der Waals surface area contributed by atoms with Crippen LogP contribution in [0.4, 0.5) is 5.69 Å². The van der Waals surface area contributed by atoms with Gasteiger partial charge < -0.3 is 16.3 Å². The quantitative estimate of drug-likeness (QED) is 0.329. The molecule has 4 nitrogen and oxygen atoms in total. The van der Waals surface area contributed by atoms with Crippen LogP contribution in [0.3, 0.4) is 0 Å². The molecule has 0 fully saturated rings. The first-order chi connectivity index (χ1) is 10.0. The smallest absolute Gasteiger partial charge is 0.170 e. The summed E-state index contributed by atoms with van der Waals surface area (Å²) < 4.78 is 0.936. The molecule has 0 aliphatic carbocycles. The summed E-state index contributed by atoms with van der Waals surface area (Å²) in [5, 5.41) is 15.9. The van der Waals surface area contributed by atoms with Crippen LogP contribution in [0.1, 0.15) is 16.7 Å². The van der Waals surface area contributed by atoms with Gasteiger partial charge in [0.25, 0.3) is 0 Å². The molecule has 0 atom stereocenters. The molecule has 0 amide bonds. The van der Waals surface area contributed by atoms with E-state index >= 15 is 0 Å². The lowest BCUT2D eigenvalue weighted by molar-refractivity contribution is 0.318. The van der Waals surface area contributed by atoms with Crippen LogP contribution < -0.4 is 11.1 Å². The van der Waals surface area contributed by atoms with Crippen molar-refractivity contribution in [3.8, 4) is 0 Å². The van der Waals surface area contributed by atoms with Gasteiger partial charge in [-0.25, -0.2) is 0 Å². The molecule has 0 aliphatic rings. The van der Waals surface area contributed by atoms with E-state index in [2.05, 4.69) is 26.4 Å². The maximum atomic E-state index is 8.83. The Labute approximate surface area is 136 Å². The molecule has 21 heavy (non-hydrogen) atoms. The summed E-state index contributed by atoms with van der Waals surface area (Å²) in [6.07, 6.45) is 0. The van der Waals surface area contributed by atoms with E-state index in [0.29, 0.717) is 17.1 Å². The molecule has 2 aromatic carbocycles. The van der Waals surface area contributed by atoms with Crippen molar-refractivity contribution in [2.75, 3.05) is 5.32 Å². The number of nitrogens with two attached hydrogens (primary N) is 1. The Kier molecular flexibility index (Phi) is 5.09. The summed E-state index contributed by atoms with van der Waals surface area (Å²) in [7, 11) is 0. The molecule has 0 heterocycles. The van der Waals surface area contributed by atoms with Crippen LogP contribution in [0, 0.1) is 6.92 Å². The van der Waals surface area contributed by atoms with Crippen molar-refractivity contribution in [2.24, 2.45) is 10.9 Å². The molecule has 110 valence electrons. The van der Waals surface area contributed by atoms with E-state index in [4.69, 9.17) is 22.5 Å². The topological polar surface area (TPSA) is 70.6 Å². The van der Waals surface area contributed by atoms with Crippen LogP contribution in [0.25, 0.3) is 0 Å². The van der Waals surface area contributed by atoms with Crippen molar-refractivity contribution in [3.05, 3.63) is 62.6 Å². The van der Waals surface area contributed by atoms with Crippen molar-refractivity contribution >= 4 is 39.1 Å². The summed E-state index contributed by atoms with van der Waals surface area (Å²) >= 11 is 9.65. The molecule has 0 aliphatic heterocycles. The van der Waals surface area contributed by atoms with E-state index in [1.54, 1.807) is 0 Å². The highest BCUT2D eigenvalue weighted by Gasteiger charge is 2.08. The van der Waals surface area contributed by atoms with Crippen LogP contribution in [0.15, 0.2) is 46.0 Å². The molecule has 0 spiro atoms. The first kappa shape index (κ1) is 15.7. The van der Waals surface area contributed by atoms with Crippen LogP contribution in [0.2, 0.25) is 5.02 Å². The monoisotopic (exact) mass is 367 g/mol. The number of hydrogen-bond donors (Lipinski definition) is 3. The van der Waals surface area contributed by atoms with Gasteiger partial charge in [-0.1, -0.05) is 41.0 Å². The molecule has 0 saturated heterocycles. The highest BCUT2D eigenvalue weighted by molar-refractivity contribution is 9.10. The molecule has 0 radical (unpaired) electrons. The van der Waals surface area contributed by atoms with Gasteiger partial charge in [0.1, 0.15) is 0 Å². The fourth-order valence-corrected chi connectivity index (χ4v) is 2.71. The first-order valence-electron chi connectivity index (χ1n) is 6.28. The second-order valence-corrected chi connectivity index (χ2v) is 5.84. The number of nitrogens with zero attached hydrogens (tertiary/aromatic N) is 1. The third-order valence-electron chi connectivity index (χ3n) is 3.12. The number of nitrogens with one attached hydrogen (secondary N) is 1. The molecule has 0 saturated carbocycles. The predicted molar refractivity (Wildman–Crippen MR) is 90.2 cm³/mol. The van der Waals surface area contributed by atoms with E-state index < -0.39 is 0 Å². The van der Waals surface area contributed by atoms with Gasteiger partial charge in [0.05, 0.1) is 5.69 Å². The first-order valence-corrected chi connectivity index (χ1v) is 7.45. The lowest BCUT2D eigenvalue weighted by Crippen LogP contribution is -2.16. The van der Waals surface area contributed by atoms with Gasteiger partial charge in [0.15, 0.2) is 5.84 Å². The molecule has 2 aromatic rings. The van der Waals surface area contributed by atoms with E-state index in [9.17, 15) is 0 Å². The minimum Gasteiger partial charge on any atom is -0.409 e. The van der Waals surface area contributed by atoms with Gasteiger partial charge in [-0.2, -0.15) is 0 Å². The average Bonchev–Trinajstić information content (AvgIpc) is 2.49. The van der Waals surface area contributed by atoms with Crippen LogP contribution in [0.5, 0.6) is 0 Å². The summed E-state index contributed by atoms with van der Waals surface area (Å²) in [5.74, 6) is 0.0911. The number of rotatable bonds is 4. The third-order valence-corrected chi connectivity index (χ3v) is 4.18. The van der Waals surface area contributed by atoms with Gasteiger partial charge in [-0.3, -0.25) is 0 Å².